The second kappa shape index (κ2) is 6.29. The van der Waals surface area contributed by atoms with E-state index < -0.39 is 11.4 Å². The molecule has 1 saturated heterocycles. The molecule has 126 valence electrons. The van der Waals surface area contributed by atoms with Gasteiger partial charge in [-0.3, -0.25) is 14.6 Å². The third kappa shape index (κ3) is 3.09. The van der Waals surface area contributed by atoms with Crippen molar-refractivity contribution in [3.05, 3.63) is 21.9 Å². The number of hydrogen-bond donors (Lipinski definition) is 1. The highest BCUT2D eigenvalue weighted by molar-refractivity contribution is 5.79. The second-order valence-electron chi connectivity index (χ2n) is 6.68. The number of carbonyl (C=O) groups excluding carboxylic acids is 1. The third-order valence-electron chi connectivity index (χ3n) is 4.77. The number of H-pyrrole nitrogens is 1. The van der Waals surface area contributed by atoms with Crippen molar-refractivity contribution in [1.29, 1.82) is 0 Å². The van der Waals surface area contributed by atoms with Gasteiger partial charge in [0.15, 0.2) is 0 Å². The van der Waals surface area contributed by atoms with E-state index in [1.54, 1.807) is 0 Å². The summed E-state index contributed by atoms with van der Waals surface area (Å²) in [6, 6.07) is 0. The van der Waals surface area contributed by atoms with E-state index in [9.17, 15) is 14.0 Å². The molecule has 1 N–H and O–H groups in total. The predicted octanol–water partition coefficient (Wildman–Crippen LogP) is 1.48. The zero-order valence-corrected chi connectivity index (χ0v) is 13.6. The predicted molar refractivity (Wildman–Crippen MR) is 85.0 cm³/mol. The Morgan fingerprint density at radius 3 is 2.43 bits per heavy atom. The summed E-state index contributed by atoms with van der Waals surface area (Å²) in [5.74, 6) is -0.104. The number of amides is 1. The third-order valence-corrected chi connectivity index (χ3v) is 4.77. The van der Waals surface area contributed by atoms with Crippen molar-refractivity contribution in [1.82, 2.24) is 14.9 Å². The van der Waals surface area contributed by atoms with E-state index in [0.717, 1.165) is 19.3 Å². The lowest BCUT2D eigenvalue weighted by Gasteiger charge is -2.38. The van der Waals surface area contributed by atoms with E-state index in [4.69, 9.17) is 0 Å². The molecule has 0 unspecified atom stereocenters. The van der Waals surface area contributed by atoms with E-state index in [0.29, 0.717) is 32.1 Å². The number of piperazine rings is 1. The number of rotatable bonds is 3. The lowest BCUT2D eigenvalue weighted by molar-refractivity contribution is -0.138. The van der Waals surface area contributed by atoms with Crippen LogP contribution in [0.4, 0.5) is 10.3 Å². The van der Waals surface area contributed by atoms with Crippen molar-refractivity contribution in [2.45, 2.75) is 39.0 Å². The van der Waals surface area contributed by atoms with Crippen LogP contribution < -0.4 is 10.5 Å². The second-order valence-corrected chi connectivity index (χ2v) is 6.68. The maximum atomic E-state index is 13.8. The number of anilines is 1. The van der Waals surface area contributed by atoms with Gasteiger partial charge in [0.1, 0.15) is 0 Å². The first kappa shape index (κ1) is 16.0. The van der Waals surface area contributed by atoms with Crippen LogP contribution in [0.5, 0.6) is 0 Å². The maximum absolute atomic E-state index is 13.8. The van der Waals surface area contributed by atoms with Crippen LogP contribution in [0, 0.1) is 11.7 Å². The van der Waals surface area contributed by atoms with E-state index in [1.165, 1.54) is 0 Å². The Hall–Kier alpha value is -1.92. The fourth-order valence-corrected chi connectivity index (χ4v) is 3.05. The van der Waals surface area contributed by atoms with Gasteiger partial charge in [0, 0.05) is 32.1 Å². The van der Waals surface area contributed by atoms with Crippen LogP contribution in [0.25, 0.3) is 0 Å². The number of hydrogen-bond acceptors (Lipinski definition) is 4. The highest BCUT2D eigenvalue weighted by Crippen LogP contribution is 2.28. The van der Waals surface area contributed by atoms with Gasteiger partial charge in [-0.2, -0.15) is 4.39 Å². The Labute approximate surface area is 134 Å². The Balaban J connectivity index is 1.70. The number of nitrogens with zero attached hydrogens (tertiary/aromatic N) is 3. The van der Waals surface area contributed by atoms with Crippen molar-refractivity contribution >= 4 is 11.9 Å². The number of aromatic amines is 1. The molecule has 2 aliphatic rings. The lowest BCUT2D eigenvalue weighted by Crippen LogP contribution is -2.51. The molecule has 1 aliphatic carbocycles. The molecule has 6 nitrogen and oxygen atoms in total. The fourth-order valence-electron chi connectivity index (χ4n) is 3.05. The average Bonchev–Trinajstić information content (AvgIpc) is 2.48. The molecule has 0 aromatic carbocycles. The Morgan fingerprint density at radius 1 is 1.26 bits per heavy atom. The average molecular weight is 322 g/mol. The Morgan fingerprint density at radius 2 is 1.91 bits per heavy atom. The molecule has 1 amide bonds. The Kier molecular flexibility index (Phi) is 4.37. The molecule has 2 fully saturated rings. The highest BCUT2D eigenvalue weighted by atomic mass is 19.1. The van der Waals surface area contributed by atoms with Crippen molar-refractivity contribution in [3.63, 3.8) is 0 Å². The van der Waals surface area contributed by atoms with Gasteiger partial charge in [0.25, 0.3) is 5.56 Å². The monoisotopic (exact) mass is 322 g/mol. The number of halogens is 1. The summed E-state index contributed by atoms with van der Waals surface area (Å²) in [5, 5.41) is 0. The van der Waals surface area contributed by atoms with E-state index in [1.807, 2.05) is 23.6 Å². The number of nitrogens with one attached hydrogen (secondary N) is 1. The zero-order valence-electron chi connectivity index (χ0n) is 13.6. The number of aromatic nitrogens is 2. The number of carbonyl (C=O) groups is 1. The summed E-state index contributed by atoms with van der Waals surface area (Å²) in [6.45, 7) is 6.06. The molecule has 1 aromatic rings. The van der Waals surface area contributed by atoms with Gasteiger partial charge >= 0.3 is 0 Å². The van der Waals surface area contributed by atoms with Crippen molar-refractivity contribution < 1.29 is 9.18 Å². The molecule has 23 heavy (non-hydrogen) atoms. The van der Waals surface area contributed by atoms with Crippen LogP contribution in [-0.2, 0) is 4.79 Å². The quantitative estimate of drug-likeness (QED) is 0.915. The van der Waals surface area contributed by atoms with Gasteiger partial charge in [-0.05, 0) is 18.8 Å². The van der Waals surface area contributed by atoms with Gasteiger partial charge < -0.3 is 9.80 Å². The molecule has 0 atom stereocenters. The Bertz CT molecular complexity index is 646. The smallest absolute Gasteiger partial charge is 0.288 e. The van der Waals surface area contributed by atoms with Crippen LogP contribution >= 0.6 is 0 Å². The maximum Gasteiger partial charge on any atom is 0.288 e. The molecule has 3 rings (SSSR count). The molecular formula is C16H23FN4O2. The van der Waals surface area contributed by atoms with E-state index >= 15 is 0 Å². The molecule has 1 saturated carbocycles. The summed E-state index contributed by atoms with van der Waals surface area (Å²) < 4.78 is 13.8. The van der Waals surface area contributed by atoms with Crippen LogP contribution in [0.3, 0.4) is 0 Å². The molecule has 2 heterocycles. The molecule has 1 aromatic heterocycles. The molecule has 0 bridgehead atoms. The molecule has 0 radical (unpaired) electrons. The normalized spacial score (nSPS) is 19.1. The van der Waals surface area contributed by atoms with Crippen LogP contribution in [-0.4, -0.2) is 47.0 Å². The first-order chi connectivity index (χ1) is 11.0. The SMILES string of the molecule is CC(C)c1nc(N2CCN(C(=O)C3CCC3)CC2)[nH]c(=O)c1F. The van der Waals surface area contributed by atoms with Crippen molar-refractivity contribution in [3.8, 4) is 0 Å². The van der Waals surface area contributed by atoms with Crippen molar-refractivity contribution in [2.24, 2.45) is 5.92 Å². The standard InChI is InChI=1S/C16H23FN4O2/c1-10(2)13-12(17)14(22)19-16(18-13)21-8-6-20(7-9-21)15(23)11-4-3-5-11/h10-11H,3-9H2,1-2H3,(H,18,19,22). The van der Waals surface area contributed by atoms with Gasteiger partial charge in [0.2, 0.25) is 17.7 Å². The summed E-state index contributed by atoms with van der Waals surface area (Å²) >= 11 is 0. The largest absolute Gasteiger partial charge is 0.339 e. The highest BCUT2D eigenvalue weighted by Gasteiger charge is 2.31. The summed E-state index contributed by atoms with van der Waals surface area (Å²) in [4.78, 5) is 34.6. The van der Waals surface area contributed by atoms with Gasteiger partial charge in [0.05, 0.1) is 5.69 Å². The minimum absolute atomic E-state index is 0.155. The van der Waals surface area contributed by atoms with Crippen LogP contribution in [0.2, 0.25) is 0 Å². The summed E-state index contributed by atoms with van der Waals surface area (Å²) in [5.41, 5.74) is -0.539. The van der Waals surface area contributed by atoms with E-state index in [-0.39, 0.29) is 23.4 Å². The fraction of sp³-hybridized carbons (Fsp3) is 0.688. The van der Waals surface area contributed by atoms with Gasteiger partial charge in [-0.25, -0.2) is 4.98 Å². The minimum Gasteiger partial charge on any atom is -0.339 e. The molecule has 1 aliphatic heterocycles. The minimum atomic E-state index is -0.803. The lowest BCUT2D eigenvalue weighted by atomic mass is 9.84. The zero-order chi connectivity index (χ0) is 16.6. The molecule has 7 heteroatoms. The van der Waals surface area contributed by atoms with Crippen LogP contribution in [0.1, 0.15) is 44.7 Å². The molecular weight excluding hydrogens is 299 g/mol. The van der Waals surface area contributed by atoms with Gasteiger partial charge in [-0.15, -0.1) is 0 Å². The van der Waals surface area contributed by atoms with Crippen molar-refractivity contribution in [2.75, 3.05) is 31.1 Å². The summed E-state index contributed by atoms with van der Waals surface area (Å²) in [6.07, 6.45) is 3.16. The van der Waals surface area contributed by atoms with Crippen LogP contribution in [0.15, 0.2) is 4.79 Å². The summed E-state index contributed by atoms with van der Waals surface area (Å²) in [7, 11) is 0. The first-order valence-corrected chi connectivity index (χ1v) is 8.31. The molecule has 0 spiro atoms. The topological polar surface area (TPSA) is 69.3 Å². The van der Waals surface area contributed by atoms with E-state index in [2.05, 4.69) is 9.97 Å². The first-order valence-electron chi connectivity index (χ1n) is 8.31. The van der Waals surface area contributed by atoms with Gasteiger partial charge in [-0.1, -0.05) is 20.3 Å².